The lowest BCUT2D eigenvalue weighted by molar-refractivity contribution is -0.133. The molecule has 2 atom stereocenters. The van der Waals surface area contributed by atoms with Crippen LogP contribution < -0.4 is 5.32 Å². The minimum absolute atomic E-state index is 0.0350. The van der Waals surface area contributed by atoms with E-state index in [2.05, 4.69) is 22.4 Å². The van der Waals surface area contributed by atoms with E-state index < -0.39 is 5.97 Å². The highest BCUT2D eigenvalue weighted by Crippen LogP contribution is 2.33. The molecule has 2 rings (SSSR count). The second-order valence-corrected chi connectivity index (χ2v) is 8.06. The van der Waals surface area contributed by atoms with Gasteiger partial charge < -0.3 is 10.4 Å². The first-order valence-electron chi connectivity index (χ1n) is 6.23. The van der Waals surface area contributed by atoms with Crippen molar-refractivity contribution in [1.29, 1.82) is 0 Å². The van der Waals surface area contributed by atoms with Gasteiger partial charge in [-0.25, -0.2) is 0 Å². The van der Waals surface area contributed by atoms with E-state index in [1.165, 1.54) is 48.1 Å². The minimum atomic E-state index is -0.829. The number of rotatable bonds is 7. The summed E-state index contributed by atoms with van der Waals surface area (Å²) in [7, 11) is 0. The second kappa shape index (κ2) is 7.35. The molecule has 1 aromatic rings. The van der Waals surface area contributed by atoms with E-state index in [1.807, 2.05) is 11.8 Å². The number of carboxylic acid groups (broad SMARTS) is 1. The van der Waals surface area contributed by atoms with Gasteiger partial charge in [0, 0.05) is 11.3 Å². The molecule has 2 N–H and O–H groups in total. The van der Waals surface area contributed by atoms with Crippen LogP contribution in [0, 0.1) is 0 Å². The first kappa shape index (κ1) is 14.9. The Kier molecular flexibility index (Phi) is 5.77. The maximum Gasteiger partial charge on any atom is 0.313 e. The van der Waals surface area contributed by atoms with E-state index in [9.17, 15) is 4.79 Å². The lowest BCUT2D eigenvalue weighted by atomic mass is 10.3. The van der Waals surface area contributed by atoms with Crippen molar-refractivity contribution in [1.82, 2.24) is 10.2 Å². The van der Waals surface area contributed by atoms with Crippen LogP contribution in [-0.2, 0) is 4.79 Å². The van der Waals surface area contributed by atoms with Crippen LogP contribution in [0.1, 0.15) is 26.2 Å². The van der Waals surface area contributed by atoms with Crippen molar-refractivity contribution >= 4 is 46.0 Å². The molecule has 0 saturated heterocycles. The number of aliphatic carboxylic acids is 1. The van der Waals surface area contributed by atoms with Gasteiger partial charge in [0.1, 0.15) is 0 Å². The summed E-state index contributed by atoms with van der Waals surface area (Å²) < 4.78 is 0.711. The third-order valence-electron chi connectivity index (χ3n) is 2.84. The Balaban J connectivity index is 1.78. The maximum absolute atomic E-state index is 10.5. The number of nitrogens with zero attached hydrogens (tertiary/aromatic N) is 2. The smallest absolute Gasteiger partial charge is 0.313 e. The van der Waals surface area contributed by atoms with Gasteiger partial charge in [0.15, 0.2) is 4.34 Å². The molecular weight excluding hydrogens is 302 g/mol. The van der Waals surface area contributed by atoms with Crippen LogP contribution in [0.25, 0.3) is 0 Å². The highest BCUT2D eigenvalue weighted by molar-refractivity contribution is 8.01. The van der Waals surface area contributed by atoms with Crippen LogP contribution in [0.3, 0.4) is 0 Å². The Hall–Kier alpha value is -0.470. The topological polar surface area (TPSA) is 75.1 Å². The SMILES string of the molecule is CCSC1CCC(Nc2nnc(SCC(=O)O)s2)C1. The second-order valence-electron chi connectivity index (χ2n) is 4.29. The number of nitrogens with one attached hydrogen (secondary N) is 1. The summed E-state index contributed by atoms with van der Waals surface area (Å²) in [4.78, 5) is 10.5. The fourth-order valence-corrected chi connectivity index (χ4v) is 4.77. The highest BCUT2D eigenvalue weighted by atomic mass is 32.2. The molecule has 2 unspecified atom stereocenters. The number of hydrogen-bond acceptors (Lipinski definition) is 7. The van der Waals surface area contributed by atoms with Crippen LogP contribution in [0.15, 0.2) is 4.34 Å². The fraction of sp³-hybridized carbons (Fsp3) is 0.727. The molecule has 0 amide bonds. The summed E-state index contributed by atoms with van der Waals surface area (Å²) in [6.45, 7) is 2.20. The Morgan fingerprint density at radius 3 is 3.11 bits per heavy atom. The number of thioether (sulfide) groups is 2. The van der Waals surface area contributed by atoms with Crippen LogP contribution in [-0.4, -0.2) is 44.1 Å². The summed E-state index contributed by atoms with van der Waals surface area (Å²) >= 11 is 4.68. The predicted molar refractivity (Wildman–Crippen MR) is 81.5 cm³/mol. The van der Waals surface area contributed by atoms with Gasteiger partial charge in [-0.3, -0.25) is 4.79 Å². The van der Waals surface area contributed by atoms with Gasteiger partial charge >= 0.3 is 5.97 Å². The van der Waals surface area contributed by atoms with Gasteiger partial charge in [0.25, 0.3) is 0 Å². The molecule has 1 heterocycles. The molecule has 1 aliphatic rings. The summed E-state index contributed by atoms with van der Waals surface area (Å²) in [5.41, 5.74) is 0. The van der Waals surface area contributed by atoms with Crippen LogP contribution in [0.2, 0.25) is 0 Å². The maximum atomic E-state index is 10.5. The van der Waals surface area contributed by atoms with Crippen molar-refractivity contribution in [3.8, 4) is 0 Å². The van der Waals surface area contributed by atoms with Gasteiger partial charge in [-0.05, 0) is 25.0 Å². The molecule has 1 aromatic heterocycles. The van der Waals surface area contributed by atoms with Gasteiger partial charge in [-0.1, -0.05) is 30.0 Å². The Morgan fingerprint density at radius 1 is 1.53 bits per heavy atom. The Morgan fingerprint density at radius 2 is 2.37 bits per heavy atom. The molecule has 0 spiro atoms. The van der Waals surface area contributed by atoms with Crippen molar-refractivity contribution in [2.75, 3.05) is 16.8 Å². The zero-order valence-corrected chi connectivity index (χ0v) is 13.1. The van der Waals surface area contributed by atoms with Crippen molar-refractivity contribution in [3.05, 3.63) is 0 Å². The quantitative estimate of drug-likeness (QED) is 0.748. The van der Waals surface area contributed by atoms with Crippen LogP contribution in [0.4, 0.5) is 5.13 Å². The molecule has 19 heavy (non-hydrogen) atoms. The van der Waals surface area contributed by atoms with Crippen molar-refractivity contribution in [2.24, 2.45) is 0 Å². The van der Waals surface area contributed by atoms with E-state index in [0.29, 0.717) is 10.4 Å². The molecule has 0 radical (unpaired) electrons. The van der Waals surface area contributed by atoms with E-state index in [-0.39, 0.29) is 5.75 Å². The fourth-order valence-electron chi connectivity index (χ4n) is 2.08. The van der Waals surface area contributed by atoms with Gasteiger partial charge in [0.05, 0.1) is 5.75 Å². The van der Waals surface area contributed by atoms with Crippen LogP contribution >= 0.6 is 34.9 Å². The Labute approximate surface area is 125 Å². The van der Waals surface area contributed by atoms with E-state index in [4.69, 9.17) is 5.11 Å². The first-order chi connectivity index (χ1) is 9.17. The average Bonchev–Trinajstić information content (AvgIpc) is 2.98. The highest BCUT2D eigenvalue weighted by Gasteiger charge is 2.25. The van der Waals surface area contributed by atoms with Gasteiger partial charge in [-0.15, -0.1) is 10.2 Å². The largest absolute Gasteiger partial charge is 0.481 e. The summed E-state index contributed by atoms with van der Waals surface area (Å²) in [6.07, 6.45) is 3.61. The van der Waals surface area contributed by atoms with Crippen molar-refractivity contribution in [3.63, 3.8) is 0 Å². The third-order valence-corrected chi connectivity index (χ3v) is 6.05. The third kappa shape index (κ3) is 4.85. The molecular formula is C11H17N3O2S3. The molecule has 5 nitrogen and oxygen atoms in total. The standard InChI is InChI=1S/C11H17N3O2S3/c1-2-17-8-4-3-7(5-8)12-10-13-14-11(19-10)18-6-9(15)16/h7-8H,2-6H2,1H3,(H,12,13)(H,15,16). The number of anilines is 1. The monoisotopic (exact) mass is 319 g/mol. The number of carboxylic acids is 1. The average molecular weight is 319 g/mol. The van der Waals surface area contributed by atoms with Crippen molar-refractivity contribution < 1.29 is 9.90 Å². The minimum Gasteiger partial charge on any atom is -0.481 e. The lowest BCUT2D eigenvalue weighted by Gasteiger charge is -2.11. The molecule has 1 saturated carbocycles. The summed E-state index contributed by atoms with van der Waals surface area (Å²) in [5, 5.41) is 21.6. The molecule has 0 bridgehead atoms. The molecule has 1 fully saturated rings. The van der Waals surface area contributed by atoms with Crippen LogP contribution in [0.5, 0.6) is 0 Å². The van der Waals surface area contributed by atoms with E-state index in [1.54, 1.807) is 0 Å². The van der Waals surface area contributed by atoms with Gasteiger partial charge in [0.2, 0.25) is 5.13 Å². The van der Waals surface area contributed by atoms with Crippen molar-refractivity contribution in [2.45, 2.75) is 41.8 Å². The van der Waals surface area contributed by atoms with Gasteiger partial charge in [-0.2, -0.15) is 11.8 Å². The molecule has 0 aliphatic heterocycles. The summed E-state index contributed by atoms with van der Waals surface area (Å²) in [6, 6.07) is 0.481. The molecule has 8 heteroatoms. The Bertz CT molecular complexity index is 427. The molecule has 106 valence electrons. The number of aromatic nitrogens is 2. The predicted octanol–water partition coefficient (Wildman–Crippen LogP) is 2.80. The normalized spacial score (nSPS) is 22.6. The zero-order chi connectivity index (χ0) is 13.7. The molecule has 0 aromatic carbocycles. The summed E-state index contributed by atoms with van der Waals surface area (Å²) in [5.74, 6) is 0.379. The zero-order valence-electron chi connectivity index (χ0n) is 10.7. The van der Waals surface area contributed by atoms with E-state index >= 15 is 0 Å². The lowest BCUT2D eigenvalue weighted by Crippen LogP contribution is -2.15. The molecule has 1 aliphatic carbocycles. The number of hydrogen-bond donors (Lipinski definition) is 2. The van der Waals surface area contributed by atoms with E-state index in [0.717, 1.165) is 10.4 Å². The number of carbonyl (C=O) groups is 1. The first-order valence-corrected chi connectivity index (χ1v) is 9.08.